The van der Waals surface area contributed by atoms with Crippen molar-refractivity contribution in [1.29, 1.82) is 0 Å². The summed E-state index contributed by atoms with van der Waals surface area (Å²) in [5, 5.41) is 0. The van der Waals surface area contributed by atoms with E-state index in [2.05, 4.69) is 25.7 Å². The van der Waals surface area contributed by atoms with Crippen LogP contribution in [0.1, 0.15) is 48.0 Å². The van der Waals surface area contributed by atoms with Crippen molar-refractivity contribution >= 4 is 5.97 Å². The number of ether oxygens (including phenoxy) is 1. The van der Waals surface area contributed by atoms with Crippen molar-refractivity contribution in [3.8, 4) is 0 Å². The maximum absolute atomic E-state index is 11.7. The predicted molar refractivity (Wildman–Crippen MR) is 72.0 cm³/mol. The first kappa shape index (κ1) is 16.4. The van der Waals surface area contributed by atoms with Gasteiger partial charge < -0.3 is 9.64 Å². The van der Waals surface area contributed by atoms with Crippen LogP contribution in [0.25, 0.3) is 0 Å². The van der Waals surface area contributed by atoms with Crippen LogP contribution >= 0.6 is 0 Å². The number of piperidine rings is 1. The molecule has 1 fully saturated rings. The van der Waals surface area contributed by atoms with Gasteiger partial charge in [-0.1, -0.05) is 28.2 Å². The maximum Gasteiger partial charge on any atom is 0.310 e. The topological polar surface area (TPSA) is 29.5 Å². The summed E-state index contributed by atoms with van der Waals surface area (Å²) in [7, 11) is 0. The van der Waals surface area contributed by atoms with Gasteiger partial charge in [0.2, 0.25) is 0 Å². The third kappa shape index (κ3) is 6.06. The molecule has 1 saturated heterocycles. The van der Waals surface area contributed by atoms with Crippen LogP contribution < -0.4 is 0 Å². The highest BCUT2D eigenvalue weighted by atomic mass is 16.5. The molecule has 1 aliphatic heterocycles. The molecule has 17 heavy (non-hydrogen) atoms. The van der Waals surface area contributed by atoms with Gasteiger partial charge in [-0.25, -0.2) is 0 Å². The summed E-state index contributed by atoms with van der Waals surface area (Å²) in [6.07, 6.45) is 2.10. The van der Waals surface area contributed by atoms with Gasteiger partial charge in [-0.2, -0.15) is 0 Å². The summed E-state index contributed by atoms with van der Waals surface area (Å²) in [6.45, 7) is 12.1. The van der Waals surface area contributed by atoms with E-state index in [1.165, 1.54) is 0 Å². The molecule has 0 spiro atoms. The monoisotopic (exact) mass is 243 g/mol. The summed E-state index contributed by atoms with van der Waals surface area (Å²) in [5.74, 6) is 0.0807. The molecule has 0 aromatic carbocycles. The van der Waals surface area contributed by atoms with Gasteiger partial charge in [0.15, 0.2) is 0 Å². The molecule has 1 heterocycles. The summed E-state index contributed by atoms with van der Waals surface area (Å²) >= 11 is 0. The molecule has 1 unspecified atom stereocenters. The van der Waals surface area contributed by atoms with Gasteiger partial charge in [0.1, 0.15) is 0 Å². The highest BCUT2D eigenvalue weighted by Crippen LogP contribution is 2.22. The third-order valence-corrected chi connectivity index (χ3v) is 2.82. The van der Waals surface area contributed by atoms with Crippen LogP contribution in [0.2, 0.25) is 0 Å². The molecule has 1 rings (SSSR count). The molecule has 0 bridgehead atoms. The lowest BCUT2D eigenvalue weighted by molar-refractivity contribution is -0.150. The molecule has 0 N–H and O–H groups in total. The van der Waals surface area contributed by atoms with E-state index >= 15 is 0 Å². The molecule has 3 nitrogen and oxygen atoms in total. The van der Waals surface area contributed by atoms with Crippen LogP contribution in [0.3, 0.4) is 0 Å². The Morgan fingerprint density at radius 2 is 2.06 bits per heavy atom. The minimum atomic E-state index is -0.0129. The molecule has 0 aromatic heterocycles. The molecule has 0 radical (unpaired) electrons. The van der Waals surface area contributed by atoms with Crippen LogP contribution in [-0.2, 0) is 9.53 Å². The minimum absolute atomic E-state index is 0. The Balaban J connectivity index is 0.00000256. The molecule has 1 aliphatic rings. The van der Waals surface area contributed by atoms with Crippen LogP contribution in [-0.4, -0.2) is 37.1 Å². The quantitative estimate of drug-likeness (QED) is 0.714. The fraction of sp³-hybridized carbons (Fsp3) is 0.929. The first-order valence-electron chi connectivity index (χ1n) is 6.31. The number of carbonyl (C=O) groups is 1. The number of hydrogen-bond acceptors (Lipinski definition) is 3. The van der Waals surface area contributed by atoms with Crippen LogP contribution in [0.5, 0.6) is 0 Å². The maximum atomic E-state index is 11.7. The largest absolute Gasteiger partial charge is 0.466 e. The Morgan fingerprint density at radius 1 is 1.41 bits per heavy atom. The average Bonchev–Trinajstić information content (AvgIpc) is 2.16. The first-order chi connectivity index (χ1) is 7.42. The fourth-order valence-corrected chi connectivity index (χ4v) is 2.32. The van der Waals surface area contributed by atoms with Crippen molar-refractivity contribution in [3.05, 3.63) is 0 Å². The average molecular weight is 243 g/mol. The fourth-order valence-electron chi connectivity index (χ4n) is 2.32. The Hall–Kier alpha value is -0.570. The number of likely N-dealkylation sites (tertiary alicyclic amines) is 1. The second-order valence-corrected chi connectivity index (χ2v) is 5.89. The zero-order valence-electron chi connectivity index (χ0n) is 11.1. The molecular formula is C14H29NO2. The van der Waals surface area contributed by atoms with Crippen LogP contribution in [0, 0.1) is 11.3 Å². The lowest BCUT2D eigenvalue weighted by Crippen LogP contribution is -2.43. The Bertz CT molecular complexity index is 233. The van der Waals surface area contributed by atoms with E-state index in [4.69, 9.17) is 4.74 Å². The van der Waals surface area contributed by atoms with Crippen molar-refractivity contribution in [2.24, 2.45) is 11.3 Å². The second kappa shape index (κ2) is 7.00. The summed E-state index contributed by atoms with van der Waals surface area (Å²) in [5.41, 5.74) is 0.302. The number of esters is 1. The molecule has 102 valence electrons. The van der Waals surface area contributed by atoms with Crippen LogP contribution in [0.4, 0.5) is 0 Å². The van der Waals surface area contributed by atoms with E-state index in [0.29, 0.717) is 12.0 Å². The van der Waals surface area contributed by atoms with Crippen molar-refractivity contribution < 1.29 is 9.53 Å². The molecule has 0 saturated carbocycles. The summed E-state index contributed by atoms with van der Waals surface area (Å²) in [4.78, 5) is 14.1. The molecule has 0 aliphatic carbocycles. The van der Waals surface area contributed by atoms with E-state index in [1.807, 2.05) is 6.92 Å². The van der Waals surface area contributed by atoms with Crippen molar-refractivity contribution in [3.63, 3.8) is 0 Å². The van der Waals surface area contributed by atoms with Gasteiger partial charge in [0.05, 0.1) is 12.5 Å². The second-order valence-electron chi connectivity index (χ2n) is 5.89. The zero-order valence-corrected chi connectivity index (χ0v) is 11.1. The van der Waals surface area contributed by atoms with Gasteiger partial charge >= 0.3 is 5.97 Å². The molecule has 1 atom stereocenters. The lowest BCUT2D eigenvalue weighted by atomic mass is 9.92. The number of carbonyl (C=O) groups excluding carboxylic acids is 1. The van der Waals surface area contributed by atoms with Gasteiger partial charge in [0.25, 0.3) is 0 Å². The number of nitrogens with zero attached hydrogens (tertiary/aromatic N) is 1. The van der Waals surface area contributed by atoms with E-state index in [0.717, 1.165) is 32.5 Å². The smallest absolute Gasteiger partial charge is 0.310 e. The Morgan fingerprint density at radius 3 is 2.59 bits per heavy atom. The zero-order chi connectivity index (χ0) is 12.2. The molecule has 3 heteroatoms. The normalized spacial score (nSPS) is 21.8. The number of hydrogen-bond donors (Lipinski definition) is 0. The Labute approximate surface area is 107 Å². The van der Waals surface area contributed by atoms with Gasteiger partial charge in [-0.05, 0) is 31.7 Å². The van der Waals surface area contributed by atoms with Crippen molar-refractivity contribution in [2.45, 2.75) is 48.0 Å². The van der Waals surface area contributed by atoms with E-state index in [9.17, 15) is 4.79 Å². The number of rotatable bonds is 3. The van der Waals surface area contributed by atoms with Gasteiger partial charge in [0, 0.05) is 13.1 Å². The van der Waals surface area contributed by atoms with Gasteiger partial charge in [-0.15, -0.1) is 0 Å². The van der Waals surface area contributed by atoms with E-state index in [1.54, 1.807) is 0 Å². The highest BCUT2D eigenvalue weighted by Gasteiger charge is 2.28. The third-order valence-electron chi connectivity index (χ3n) is 2.82. The molecule has 0 amide bonds. The Kier molecular flexibility index (Phi) is 6.76. The standard InChI is InChI=1S/C13H25NO2.CH4/c1-5-16-12(15)11-7-6-8-14(9-11)10-13(2,3)4;/h11H,5-10H2,1-4H3;1H4. The van der Waals surface area contributed by atoms with E-state index < -0.39 is 0 Å². The van der Waals surface area contributed by atoms with Crippen molar-refractivity contribution in [2.75, 3.05) is 26.2 Å². The summed E-state index contributed by atoms with van der Waals surface area (Å²) in [6, 6.07) is 0. The van der Waals surface area contributed by atoms with Crippen molar-refractivity contribution in [1.82, 2.24) is 4.90 Å². The van der Waals surface area contributed by atoms with E-state index in [-0.39, 0.29) is 19.3 Å². The lowest BCUT2D eigenvalue weighted by Gasteiger charge is -2.35. The molecule has 0 aromatic rings. The van der Waals surface area contributed by atoms with Crippen LogP contribution in [0.15, 0.2) is 0 Å². The highest BCUT2D eigenvalue weighted by molar-refractivity contribution is 5.72. The first-order valence-corrected chi connectivity index (χ1v) is 6.31. The van der Waals surface area contributed by atoms with Gasteiger partial charge in [-0.3, -0.25) is 4.79 Å². The minimum Gasteiger partial charge on any atom is -0.466 e. The SMILES string of the molecule is C.CCOC(=O)C1CCCN(CC(C)(C)C)C1. The summed E-state index contributed by atoms with van der Waals surface area (Å²) < 4.78 is 5.09. The predicted octanol–water partition coefficient (Wildman–Crippen LogP) is 2.94. The molecular weight excluding hydrogens is 214 g/mol.